The van der Waals surface area contributed by atoms with E-state index in [4.69, 9.17) is 11.1 Å². The summed E-state index contributed by atoms with van der Waals surface area (Å²) in [6.45, 7) is 5.88. The third-order valence-electron chi connectivity index (χ3n) is 5.06. The normalized spacial score (nSPS) is 11.1. The molecule has 5 N–H and O–H groups in total. The molecule has 31 heavy (non-hydrogen) atoms. The Balaban J connectivity index is 2.10. The van der Waals surface area contributed by atoms with Gasteiger partial charge < -0.3 is 21.4 Å². The van der Waals surface area contributed by atoms with Crippen LogP contribution in [0.4, 0.5) is 0 Å². The summed E-state index contributed by atoms with van der Waals surface area (Å²) in [5.74, 6) is -0.786. The summed E-state index contributed by atoms with van der Waals surface area (Å²) < 4.78 is 1.49. The molecule has 0 saturated heterocycles. The number of nitrogens with two attached hydrogens (primary N) is 1. The van der Waals surface area contributed by atoms with Gasteiger partial charge in [0.05, 0.1) is 5.56 Å². The summed E-state index contributed by atoms with van der Waals surface area (Å²) in [5.41, 5.74) is 8.72. The Labute approximate surface area is 180 Å². The van der Waals surface area contributed by atoms with E-state index < -0.39 is 5.91 Å². The average Bonchev–Trinajstić information content (AvgIpc) is 3.13. The predicted octanol–water partition coefficient (Wildman–Crippen LogP) is 3.93. The maximum absolute atomic E-state index is 12.0. The van der Waals surface area contributed by atoms with Crippen LogP contribution in [0.15, 0.2) is 36.4 Å². The van der Waals surface area contributed by atoms with Crippen LogP contribution in [0.3, 0.4) is 0 Å². The van der Waals surface area contributed by atoms with Crippen LogP contribution in [-0.4, -0.2) is 36.6 Å². The van der Waals surface area contributed by atoms with E-state index >= 15 is 0 Å². The average molecular weight is 422 g/mol. The highest BCUT2D eigenvalue weighted by Crippen LogP contribution is 2.38. The van der Waals surface area contributed by atoms with Crippen molar-refractivity contribution < 1.29 is 15.0 Å². The minimum absolute atomic E-state index is 0.00375. The molecule has 0 fully saturated rings. The van der Waals surface area contributed by atoms with Gasteiger partial charge >= 0.3 is 0 Å². The highest BCUT2D eigenvalue weighted by atomic mass is 16.3. The highest BCUT2D eigenvalue weighted by Gasteiger charge is 2.23. The predicted molar refractivity (Wildman–Crippen MR) is 119 cm³/mol. The second-order valence-corrected chi connectivity index (χ2v) is 7.83. The molecule has 0 bridgehead atoms. The zero-order chi connectivity index (χ0) is 22.7. The Morgan fingerprint density at radius 3 is 2.39 bits per heavy atom. The number of carbonyl (C=O) groups excluding carboxylic acids is 1. The van der Waals surface area contributed by atoms with Gasteiger partial charge in [-0.25, -0.2) is 0 Å². The van der Waals surface area contributed by atoms with Crippen LogP contribution >= 0.6 is 0 Å². The van der Waals surface area contributed by atoms with E-state index in [1.54, 1.807) is 18.2 Å². The number of primary amides is 1. The van der Waals surface area contributed by atoms with Crippen molar-refractivity contribution in [3.05, 3.63) is 53.3 Å². The van der Waals surface area contributed by atoms with Crippen LogP contribution in [0.25, 0.3) is 17.1 Å². The molecule has 8 heteroatoms. The summed E-state index contributed by atoms with van der Waals surface area (Å²) in [7, 11) is 0. The van der Waals surface area contributed by atoms with Gasteiger partial charge in [0.1, 0.15) is 11.5 Å². The van der Waals surface area contributed by atoms with E-state index in [0.29, 0.717) is 28.9 Å². The molecule has 162 valence electrons. The zero-order valence-corrected chi connectivity index (χ0v) is 17.9. The lowest BCUT2D eigenvalue weighted by molar-refractivity contribution is 0.0988. The number of nitrogens with zero attached hydrogens (tertiary/aromatic N) is 3. The Morgan fingerprint density at radius 1 is 1.13 bits per heavy atom. The Morgan fingerprint density at radius 2 is 1.81 bits per heavy atom. The van der Waals surface area contributed by atoms with Gasteiger partial charge in [-0.15, -0.1) is 10.2 Å². The second kappa shape index (κ2) is 8.99. The number of phenols is 2. The van der Waals surface area contributed by atoms with Crippen LogP contribution in [0.1, 0.15) is 61.3 Å². The topological polar surface area (TPSA) is 138 Å². The number of hydrogen-bond donors (Lipinski definition) is 4. The maximum Gasteiger partial charge on any atom is 0.287 e. The second-order valence-electron chi connectivity index (χ2n) is 7.83. The number of aromatic nitrogens is 3. The van der Waals surface area contributed by atoms with Crippen molar-refractivity contribution in [3.63, 3.8) is 0 Å². The van der Waals surface area contributed by atoms with Crippen LogP contribution in [0.5, 0.6) is 11.5 Å². The summed E-state index contributed by atoms with van der Waals surface area (Å²) in [5, 5.41) is 36.7. The molecule has 0 atom stereocenters. The van der Waals surface area contributed by atoms with Crippen molar-refractivity contribution in [2.75, 3.05) is 0 Å². The molecule has 0 aliphatic carbocycles. The molecule has 2 aromatic carbocycles. The SMILES string of the molecule is CCCC(=N)Cc1ccc(-n2c(C(N)=O)nnc2-c2cc(C(C)C)c(O)cc2O)cc1. The molecule has 0 aliphatic rings. The summed E-state index contributed by atoms with van der Waals surface area (Å²) >= 11 is 0. The molecule has 0 saturated carbocycles. The monoisotopic (exact) mass is 421 g/mol. The van der Waals surface area contributed by atoms with Crippen LogP contribution in [0.2, 0.25) is 0 Å². The zero-order valence-electron chi connectivity index (χ0n) is 17.9. The molecule has 1 aromatic heterocycles. The van der Waals surface area contributed by atoms with Crippen molar-refractivity contribution in [2.24, 2.45) is 5.73 Å². The largest absolute Gasteiger partial charge is 0.508 e. The van der Waals surface area contributed by atoms with Gasteiger partial charge in [0.2, 0.25) is 5.82 Å². The van der Waals surface area contributed by atoms with Crippen LogP contribution in [0, 0.1) is 5.41 Å². The molecule has 0 aliphatic heterocycles. The first-order valence-electron chi connectivity index (χ1n) is 10.2. The fourth-order valence-corrected chi connectivity index (χ4v) is 3.50. The third-order valence-corrected chi connectivity index (χ3v) is 5.06. The standard InChI is InChI=1S/C23H27N5O3/c1-4-5-15(24)10-14-6-8-16(9-7-14)28-22(26-27-23(28)21(25)31)18-11-17(13(2)3)19(29)12-20(18)30/h6-9,11-13,24,29-30H,4-5,10H2,1-3H3,(H2,25,31). The van der Waals surface area contributed by atoms with E-state index in [1.807, 2.05) is 32.9 Å². The molecule has 3 rings (SSSR count). The minimum Gasteiger partial charge on any atom is -0.508 e. The molecule has 1 amide bonds. The first-order valence-corrected chi connectivity index (χ1v) is 10.2. The van der Waals surface area contributed by atoms with Crippen molar-refractivity contribution >= 4 is 11.6 Å². The van der Waals surface area contributed by atoms with Gasteiger partial charge in [0.15, 0.2) is 5.82 Å². The Bertz CT molecular complexity index is 1120. The van der Waals surface area contributed by atoms with Gasteiger partial charge in [-0.2, -0.15) is 0 Å². The number of phenolic OH excluding ortho intramolecular Hbond substituents is 2. The maximum atomic E-state index is 12.0. The number of amides is 1. The van der Waals surface area contributed by atoms with E-state index in [1.165, 1.54) is 10.6 Å². The Kier molecular flexibility index (Phi) is 6.39. The third kappa shape index (κ3) is 4.58. The van der Waals surface area contributed by atoms with Gasteiger partial charge in [-0.05, 0) is 41.7 Å². The highest BCUT2D eigenvalue weighted by molar-refractivity contribution is 5.91. The molecular weight excluding hydrogens is 394 g/mol. The molecule has 3 aromatic rings. The molecule has 1 heterocycles. The summed E-state index contributed by atoms with van der Waals surface area (Å²) in [6.07, 6.45) is 2.24. The number of carbonyl (C=O) groups is 1. The van der Waals surface area contributed by atoms with E-state index in [-0.39, 0.29) is 29.1 Å². The lowest BCUT2D eigenvalue weighted by atomic mass is 9.98. The number of benzene rings is 2. The molecule has 0 spiro atoms. The van der Waals surface area contributed by atoms with E-state index in [0.717, 1.165) is 18.4 Å². The Hall–Kier alpha value is -3.68. The molecular formula is C23H27N5O3. The van der Waals surface area contributed by atoms with Crippen molar-refractivity contribution in [1.29, 1.82) is 5.41 Å². The van der Waals surface area contributed by atoms with Gasteiger partial charge in [-0.3, -0.25) is 9.36 Å². The summed E-state index contributed by atoms with van der Waals surface area (Å²) in [6, 6.07) is 10.3. The molecule has 0 radical (unpaired) electrons. The van der Waals surface area contributed by atoms with Gasteiger partial charge in [0.25, 0.3) is 5.91 Å². The fourth-order valence-electron chi connectivity index (χ4n) is 3.50. The lowest BCUT2D eigenvalue weighted by Crippen LogP contribution is -2.18. The quantitative estimate of drug-likeness (QED) is 0.408. The summed E-state index contributed by atoms with van der Waals surface area (Å²) in [4.78, 5) is 12.0. The van der Waals surface area contributed by atoms with Gasteiger partial charge in [0, 0.05) is 23.9 Å². The molecule has 8 nitrogen and oxygen atoms in total. The van der Waals surface area contributed by atoms with Gasteiger partial charge in [-0.1, -0.05) is 39.3 Å². The minimum atomic E-state index is -0.755. The van der Waals surface area contributed by atoms with Crippen LogP contribution < -0.4 is 5.73 Å². The molecule has 0 unspecified atom stereocenters. The van der Waals surface area contributed by atoms with Crippen molar-refractivity contribution in [3.8, 4) is 28.6 Å². The number of rotatable bonds is 8. The fraction of sp³-hybridized carbons (Fsp3) is 0.304. The first-order chi connectivity index (χ1) is 14.7. The number of aromatic hydroxyl groups is 2. The number of hydrogen-bond acceptors (Lipinski definition) is 6. The smallest absolute Gasteiger partial charge is 0.287 e. The van der Waals surface area contributed by atoms with E-state index in [2.05, 4.69) is 10.2 Å². The van der Waals surface area contributed by atoms with Crippen molar-refractivity contribution in [2.45, 2.75) is 46.0 Å². The van der Waals surface area contributed by atoms with Crippen molar-refractivity contribution in [1.82, 2.24) is 14.8 Å². The van der Waals surface area contributed by atoms with E-state index in [9.17, 15) is 15.0 Å². The lowest BCUT2D eigenvalue weighted by Gasteiger charge is -2.14. The van der Waals surface area contributed by atoms with Crippen LogP contribution in [-0.2, 0) is 6.42 Å². The first kappa shape index (κ1) is 22.0. The number of nitrogens with one attached hydrogen (secondary N) is 1.